The summed E-state index contributed by atoms with van der Waals surface area (Å²) in [6.45, 7) is 6.61. The monoisotopic (exact) mass is 256 g/mol. The van der Waals surface area contributed by atoms with Gasteiger partial charge in [0.1, 0.15) is 11.5 Å². The fraction of sp³-hybridized carbons (Fsp3) is 0.500. The average Bonchev–Trinajstić information content (AvgIpc) is 2.24. The minimum atomic E-state index is -0.627. The standard InChI is InChI=1S/C12H17FN2O3/c1-12(2,3)18-7-6-14-10-5-4-9(13)8-11(10)15(16)17/h4-5,8,14H,6-7H2,1-3H3. The SMILES string of the molecule is CC(C)(C)OCCNc1ccc(F)cc1[N+](=O)[O-]. The lowest BCUT2D eigenvalue weighted by Crippen LogP contribution is -2.23. The van der Waals surface area contributed by atoms with Gasteiger partial charge in [0.15, 0.2) is 0 Å². The first-order chi connectivity index (χ1) is 8.29. The second-order valence-electron chi connectivity index (χ2n) is 4.81. The fourth-order valence-corrected chi connectivity index (χ4v) is 1.35. The molecule has 1 N–H and O–H groups in total. The van der Waals surface area contributed by atoms with Crippen LogP contribution in [-0.4, -0.2) is 23.7 Å². The molecule has 0 bridgehead atoms. The Kier molecular flexibility index (Phi) is 4.61. The molecule has 0 saturated carbocycles. The molecule has 0 saturated heterocycles. The van der Waals surface area contributed by atoms with E-state index in [-0.39, 0.29) is 11.3 Å². The zero-order chi connectivity index (χ0) is 13.8. The highest BCUT2D eigenvalue weighted by Gasteiger charge is 2.15. The summed E-state index contributed by atoms with van der Waals surface area (Å²) < 4.78 is 18.4. The van der Waals surface area contributed by atoms with Crippen LogP contribution in [0.15, 0.2) is 18.2 Å². The fourth-order valence-electron chi connectivity index (χ4n) is 1.35. The van der Waals surface area contributed by atoms with Crippen molar-refractivity contribution in [3.63, 3.8) is 0 Å². The molecule has 1 aromatic carbocycles. The number of hydrogen-bond donors (Lipinski definition) is 1. The van der Waals surface area contributed by atoms with Gasteiger partial charge in [0, 0.05) is 6.54 Å². The van der Waals surface area contributed by atoms with E-state index >= 15 is 0 Å². The molecule has 0 aliphatic heterocycles. The number of nitro benzene ring substituents is 1. The smallest absolute Gasteiger partial charge is 0.295 e. The quantitative estimate of drug-likeness (QED) is 0.499. The molecule has 6 heteroatoms. The number of nitrogens with one attached hydrogen (secondary N) is 1. The van der Waals surface area contributed by atoms with Crippen LogP contribution >= 0.6 is 0 Å². The van der Waals surface area contributed by atoms with Crippen LogP contribution in [0.5, 0.6) is 0 Å². The Hall–Kier alpha value is -1.69. The van der Waals surface area contributed by atoms with Crippen LogP contribution in [0.3, 0.4) is 0 Å². The predicted octanol–water partition coefficient (Wildman–Crippen LogP) is 2.96. The molecule has 18 heavy (non-hydrogen) atoms. The van der Waals surface area contributed by atoms with E-state index in [4.69, 9.17) is 4.74 Å². The van der Waals surface area contributed by atoms with Gasteiger partial charge in [-0.2, -0.15) is 0 Å². The van der Waals surface area contributed by atoms with Gasteiger partial charge in [0.2, 0.25) is 0 Å². The maximum atomic E-state index is 12.9. The van der Waals surface area contributed by atoms with Crippen molar-refractivity contribution in [3.8, 4) is 0 Å². The van der Waals surface area contributed by atoms with Crippen LogP contribution in [0.2, 0.25) is 0 Å². The number of hydrogen-bond acceptors (Lipinski definition) is 4. The first kappa shape index (κ1) is 14.4. The van der Waals surface area contributed by atoms with E-state index in [1.165, 1.54) is 12.1 Å². The van der Waals surface area contributed by atoms with Gasteiger partial charge in [0.25, 0.3) is 5.69 Å². The number of rotatable bonds is 5. The maximum Gasteiger partial charge on any atom is 0.295 e. The zero-order valence-electron chi connectivity index (χ0n) is 10.7. The lowest BCUT2D eigenvalue weighted by atomic mass is 10.2. The zero-order valence-corrected chi connectivity index (χ0v) is 10.7. The number of nitro groups is 1. The highest BCUT2D eigenvalue weighted by Crippen LogP contribution is 2.24. The molecule has 1 aromatic rings. The summed E-state index contributed by atoms with van der Waals surface area (Å²) in [6.07, 6.45) is 0. The van der Waals surface area contributed by atoms with E-state index in [1.807, 2.05) is 20.8 Å². The highest BCUT2D eigenvalue weighted by atomic mass is 19.1. The third-order valence-electron chi connectivity index (χ3n) is 2.11. The van der Waals surface area contributed by atoms with E-state index in [0.717, 1.165) is 6.07 Å². The summed E-state index contributed by atoms with van der Waals surface area (Å²) in [4.78, 5) is 10.1. The molecule has 0 aromatic heterocycles. The largest absolute Gasteiger partial charge is 0.377 e. The van der Waals surface area contributed by atoms with Crippen LogP contribution in [0, 0.1) is 15.9 Å². The molecule has 0 heterocycles. The van der Waals surface area contributed by atoms with Crippen LogP contribution < -0.4 is 5.32 Å². The van der Waals surface area contributed by atoms with Crippen molar-refractivity contribution < 1.29 is 14.1 Å². The molecular weight excluding hydrogens is 239 g/mol. The van der Waals surface area contributed by atoms with Gasteiger partial charge in [-0.1, -0.05) is 0 Å². The third-order valence-corrected chi connectivity index (χ3v) is 2.11. The molecule has 100 valence electrons. The first-order valence-electron chi connectivity index (χ1n) is 5.61. The second-order valence-corrected chi connectivity index (χ2v) is 4.81. The lowest BCUT2D eigenvalue weighted by molar-refractivity contribution is -0.384. The molecule has 0 fully saturated rings. The number of anilines is 1. The lowest BCUT2D eigenvalue weighted by Gasteiger charge is -2.19. The number of benzene rings is 1. The number of halogens is 1. The second kappa shape index (κ2) is 5.77. The van der Waals surface area contributed by atoms with Crippen LogP contribution in [0.1, 0.15) is 20.8 Å². The Morgan fingerprint density at radius 1 is 1.44 bits per heavy atom. The minimum absolute atomic E-state index is 0.254. The predicted molar refractivity (Wildman–Crippen MR) is 67.2 cm³/mol. The maximum absolute atomic E-state index is 12.9. The Morgan fingerprint density at radius 3 is 2.67 bits per heavy atom. The summed E-state index contributed by atoms with van der Waals surface area (Å²) in [6, 6.07) is 3.43. The van der Waals surface area contributed by atoms with Crippen molar-refractivity contribution in [2.75, 3.05) is 18.5 Å². The Bertz CT molecular complexity index is 430. The molecule has 0 radical (unpaired) electrons. The molecule has 0 amide bonds. The Labute approximate surface area is 105 Å². The van der Waals surface area contributed by atoms with E-state index in [0.29, 0.717) is 18.8 Å². The van der Waals surface area contributed by atoms with Gasteiger partial charge in [-0.3, -0.25) is 10.1 Å². The van der Waals surface area contributed by atoms with Crippen molar-refractivity contribution in [2.45, 2.75) is 26.4 Å². The van der Waals surface area contributed by atoms with Gasteiger partial charge in [-0.05, 0) is 32.9 Å². The van der Waals surface area contributed by atoms with Crippen molar-refractivity contribution in [1.82, 2.24) is 0 Å². The van der Waals surface area contributed by atoms with E-state index in [9.17, 15) is 14.5 Å². The summed E-state index contributed by atoms with van der Waals surface area (Å²) >= 11 is 0. The molecule has 1 rings (SSSR count). The normalized spacial score (nSPS) is 11.3. The Morgan fingerprint density at radius 2 is 2.11 bits per heavy atom. The van der Waals surface area contributed by atoms with Gasteiger partial charge >= 0.3 is 0 Å². The minimum Gasteiger partial charge on any atom is -0.377 e. The van der Waals surface area contributed by atoms with E-state index < -0.39 is 10.7 Å². The highest BCUT2D eigenvalue weighted by molar-refractivity contribution is 5.61. The molecule has 0 atom stereocenters. The molecule has 5 nitrogen and oxygen atoms in total. The van der Waals surface area contributed by atoms with Gasteiger partial charge in [-0.25, -0.2) is 4.39 Å². The Balaban J connectivity index is 2.59. The number of nitrogens with zero attached hydrogens (tertiary/aromatic N) is 1. The van der Waals surface area contributed by atoms with Crippen molar-refractivity contribution in [2.24, 2.45) is 0 Å². The third kappa shape index (κ3) is 4.67. The van der Waals surface area contributed by atoms with Crippen molar-refractivity contribution >= 4 is 11.4 Å². The first-order valence-corrected chi connectivity index (χ1v) is 5.61. The van der Waals surface area contributed by atoms with Gasteiger partial charge in [-0.15, -0.1) is 0 Å². The molecular formula is C12H17FN2O3. The molecule has 0 aliphatic carbocycles. The average molecular weight is 256 g/mol. The molecule has 0 aliphatic rings. The topological polar surface area (TPSA) is 64.4 Å². The molecule has 0 unspecified atom stereocenters. The van der Waals surface area contributed by atoms with Crippen LogP contribution in [0.25, 0.3) is 0 Å². The summed E-state index contributed by atoms with van der Waals surface area (Å²) in [5.41, 5.74) is -0.235. The summed E-state index contributed by atoms with van der Waals surface area (Å²) in [5, 5.41) is 13.6. The van der Waals surface area contributed by atoms with Crippen LogP contribution in [0.4, 0.5) is 15.8 Å². The summed E-state index contributed by atoms with van der Waals surface area (Å²) in [7, 11) is 0. The van der Waals surface area contributed by atoms with E-state index in [1.54, 1.807) is 0 Å². The summed E-state index contributed by atoms with van der Waals surface area (Å²) in [5.74, 6) is -0.627. The van der Waals surface area contributed by atoms with E-state index in [2.05, 4.69) is 5.32 Å². The van der Waals surface area contributed by atoms with Crippen LogP contribution in [-0.2, 0) is 4.74 Å². The molecule has 0 spiro atoms. The number of ether oxygens (including phenoxy) is 1. The van der Waals surface area contributed by atoms with Gasteiger partial charge in [0.05, 0.1) is 23.2 Å². The van der Waals surface area contributed by atoms with Gasteiger partial charge < -0.3 is 10.1 Å². The van der Waals surface area contributed by atoms with Crippen molar-refractivity contribution in [3.05, 3.63) is 34.1 Å². The van der Waals surface area contributed by atoms with Crippen molar-refractivity contribution in [1.29, 1.82) is 0 Å².